The standard InChI is InChI=1S/C29H27N3O7S/c1-3-37-29(34)22-11-9-21(10-12-22)27-18-17-26(39-27)19-30-31-28(33)20-32(40(2,35)36)23-13-15-25(16-14-23)38-24-7-5-4-6-8-24/h4-19H,3,20H2,1-2H3,(H,31,33). The van der Waals surface area contributed by atoms with Crippen molar-refractivity contribution in [1.82, 2.24) is 5.43 Å². The van der Waals surface area contributed by atoms with Crippen molar-refractivity contribution in [3.05, 3.63) is 102 Å². The summed E-state index contributed by atoms with van der Waals surface area (Å²) < 4.78 is 42.2. The molecule has 4 aromatic rings. The zero-order chi connectivity index (χ0) is 28.5. The second-order valence-corrected chi connectivity index (χ2v) is 10.4. The summed E-state index contributed by atoms with van der Waals surface area (Å²) in [5, 5.41) is 3.88. The number of benzene rings is 3. The summed E-state index contributed by atoms with van der Waals surface area (Å²) >= 11 is 0. The summed E-state index contributed by atoms with van der Waals surface area (Å²) in [5.41, 5.74) is 3.78. The Morgan fingerprint density at radius 1 is 0.925 bits per heavy atom. The lowest BCUT2D eigenvalue weighted by molar-refractivity contribution is -0.119. The fourth-order valence-corrected chi connectivity index (χ4v) is 4.46. The molecule has 0 saturated heterocycles. The number of carbonyl (C=O) groups is 2. The molecular weight excluding hydrogens is 534 g/mol. The SMILES string of the molecule is CCOC(=O)c1ccc(-c2ccc(C=NNC(=O)CN(c3ccc(Oc4ccccc4)cc3)S(C)(=O)=O)o2)cc1. The van der Waals surface area contributed by atoms with E-state index in [0.29, 0.717) is 40.9 Å². The van der Waals surface area contributed by atoms with E-state index >= 15 is 0 Å². The first kappa shape index (κ1) is 28.1. The minimum absolute atomic E-state index is 0.294. The van der Waals surface area contributed by atoms with E-state index < -0.39 is 28.4 Å². The van der Waals surface area contributed by atoms with Crippen molar-refractivity contribution in [3.8, 4) is 22.8 Å². The lowest BCUT2D eigenvalue weighted by Crippen LogP contribution is -2.38. The average Bonchev–Trinajstić information content (AvgIpc) is 3.41. The average molecular weight is 562 g/mol. The van der Waals surface area contributed by atoms with Crippen LogP contribution in [0.15, 0.2) is 101 Å². The molecule has 40 heavy (non-hydrogen) atoms. The molecule has 0 saturated carbocycles. The van der Waals surface area contributed by atoms with Crippen molar-refractivity contribution < 1.29 is 31.9 Å². The first-order chi connectivity index (χ1) is 19.2. The Balaban J connectivity index is 1.35. The van der Waals surface area contributed by atoms with Gasteiger partial charge >= 0.3 is 5.97 Å². The molecule has 0 aliphatic heterocycles. The van der Waals surface area contributed by atoms with Crippen LogP contribution in [0.5, 0.6) is 11.5 Å². The molecule has 4 rings (SSSR count). The summed E-state index contributed by atoms with van der Waals surface area (Å²) in [4.78, 5) is 24.3. The number of nitrogens with one attached hydrogen (secondary N) is 1. The minimum Gasteiger partial charge on any atom is -0.462 e. The molecule has 0 bridgehead atoms. The number of ether oxygens (including phenoxy) is 2. The van der Waals surface area contributed by atoms with Crippen molar-refractivity contribution >= 4 is 33.8 Å². The Morgan fingerprint density at radius 3 is 2.25 bits per heavy atom. The number of nitrogens with zero attached hydrogens (tertiary/aromatic N) is 2. The molecule has 0 radical (unpaired) electrons. The van der Waals surface area contributed by atoms with Gasteiger partial charge in [0.2, 0.25) is 10.0 Å². The molecule has 10 nitrogen and oxygen atoms in total. The third-order valence-corrected chi connectivity index (χ3v) is 6.62. The Kier molecular flexibility index (Phi) is 8.97. The molecular formula is C29H27N3O7S. The van der Waals surface area contributed by atoms with Crippen molar-refractivity contribution in [2.75, 3.05) is 23.7 Å². The fourth-order valence-electron chi connectivity index (χ4n) is 3.60. The fraction of sp³-hybridized carbons (Fsp3) is 0.138. The Bertz CT molecular complexity index is 1580. The van der Waals surface area contributed by atoms with Gasteiger partial charge in [0.05, 0.1) is 30.3 Å². The molecule has 1 amide bonds. The van der Waals surface area contributed by atoms with Crippen molar-refractivity contribution in [1.29, 1.82) is 0 Å². The highest BCUT2D eigenvalue weighted by Crippen LogP contribution is 2.26. The van der Waals surface area contributed by atoms with Gasteiger partial charge in [-0.3, -0.25) is 9.10 Å². The minimum atomic E-state index is -3.77. The Labute approximate surface area is 231 Å². The van der Waals surface area contributed by atoms with E-state index in [4.69, 9.17) is 13.9 Å². The van der Waals surface area contributed by atoms with E-state index in [9.17, 15) is 18.0 Å². The molecule has 0 spiro atoms. The Hall–Kier alpha value is -4.90. The van der Waals surface area contributed by atoms with Gasteiger partial charge in [0.25, 0.3) is 5.91 Å². The monoisotopic (exact) mass is 561 g/mol. The van der Waals surface area contributed by atoms with Crippen LogP contribution in [0.2, 0.25) is 0 Å². The number of para-hydroxylation sites is 1. The van der Waals surface area contributed by atoms with E-state index in [1.54, 1.807) is 79.7 Å². The van der Waals surface area contributed by atoms with Gasteiger partial charge in [0.15, 0.2) is 0 Å². The second-order valence-electron chi connectivity index (χ2n) is 8.47. The van der Waals surface area contributed by atoms with Gasteiger partial charge in [0.1, 0.15) is 29.6 Å². The number of furan rings is 1. The van der Waals surface area contributed by atoms with E-state index in [-0.39, 0.29) is 0 Å². The first-order valence-corrected chi connectivity index (χ1v) is 14.1. The summed E-state index contributed by atoms with van der Waals surface area (Å²) in [7, 11) is -3.77. The van der Waals surface area contributed by atoms with Gasteiger partial charge in [-0.15, -0.1) is 0 Å². The van der Waals surface area contributed by atoms with Crippen LogP contribution in [-0.4, -0.2) is 45.9 Å². The predicted molar refractivity (Wildman–Crippen MR) is 151 cm³/mol. The molecule has 0 unspecified atom stereocenters. The summed E-state index contributed by atoms with van der Waals surface area (Å²) in [6.45, 7) is 1.55. The maximum atomic E-state index is 12.5. The number of rotatable bonds is 11. The van der Waals surface area contributed by atoms with Crippen LogP contribution < -0.4 is 14.5 Å². The van der Waals surface area contributed by atoms with Crippen LogP contribution in [-0.2, 0) is 19.6 Å². The molecule has 0 fully saturated rings. The highest BCUT2D eigenvalue weighted by Gasteiger charge is 2.21. The van der Waals surface area contributed by atoms with Crippen LogP contribution in [0, 0.1) is 0 Å². The van der Waals surface area contributed by atoms with Crippen molar-refractivity contribution in [2.45, 2.75) is 6.92 Å². The van der Waals surface area contributed by atoms with Crippen molar-refractivity contribution in [2.24, 2.45) is 5.10 Å². The van der Waals surface area contributed by atoms with Crippen LogP contribution in [0.1, 0.15) is 23.0 Å². The number of hydrogen-bond donors (Lipinski definition) is 1. The molecule has 1 aromatic heterocycles. The van der Waals surface area contributed by atoms with Gasteiger partial charge in [-0.2, -0.15) is 5.10 Å². The van der Waals surface area contributed by atoms with Crippen molar-refractivity contribution in [3.63, 3.8) is 0 Å². The van der Waals surface area contributed by atoms with E-state index in [1.807, 2.05) is 18.2 Å². The molecule has 3 aromatic carbocycles. The summed E-state index contributed by atoms with van der Waals surface area (Å²) in [5.74, 6) is 1.01. The number of anilines is 1. The first-order valence-electron chi connectivity index (χ1n) is 12.2. The summed E-state index contributed by atoms with van der Waals surface area (Å²) in [6.07, 6.45) is 2.32. The molecule has 11 heteroatoms. The van der Waals surface area contributed by atoms with Crippen LogP contribution in [0.3, 0.4) is 0 Å². The van der Waals surface area contributed by atoms with E-state index in [0.717, 1.165) is 16.1 Å². The van der Waals surface area contributed by atoms with Gasteiger partial charge < -0.3 is 13.9 Å². The largest absolute Gasteiger partial charge is 0.462 e. The van der Waals surface area contributed by atoms with Crippen LogP contribution in [0.4, 0.5) is 5.69 Å². The van der Waals surface area contributed by atoms with Crippen LogP contribution >= 0.6 is 0 Å². The molecule has 0 atom stereocenters. The highest BCUT2D eigenvalue weighted by atomic mass is 32.2. The maximum Gasteiger partial charge on any atom is 0.338 e. The molecule has 1 heterocycles. The third-order valence-electron chi connectivity index (χ3n) is 5.48. The highest BCUT2D eigenvalue weighted by molar-refractivity contribution is 7.92. The number of esters is 1. The lowest BCUT2D eigenvalue weighted by atomic mass is 10.1. The third kappa shape index (κ3) is 7.58. The zero-order valence-electron chi connectivity index (χ0n) is 21.8. The zero-order valence-corrected chi connectivity index (χ0v) is 22.6. The van der Waals surface area contributed by atoms with Crippen LogP contribution in [0.25, 0.3) is 11.3 Å². The number of amides is 1. The van der Waals surface area contributed by atoms with Gasteiger partial charge in [-0.1, -0.05) is 30.3 Å². The van der Waals surface area contributed by atoms with E-state index in [1.165, 1.54) is 6.21 Å². The van der Waals surface area contributed by atoms with Gasteiger partial charge in [-0.25, -0.2) is 18.6 Å². The number of hydrazone groups is 1. The normalized spacial score (nSPS) is 11.2. The molecule has 206 valence electrons. The number of hydrogen-bond acceptors (Lipinski definition) is 8. The number of sulfonamides is 1. The van der Waals surface area contributed by atoms with Gasteiger partial charge in [-0.05, 0) is 67.6 Å². The second kappa shape index (κ2) is 12.8. The Morgan fingerprint density at radius 2 is 1.60 bits per heavy atom. The smallest absolute Gasteiger partial charge is 0.338 e. The van der Waals surface area contributed by atoms with Gasteiger partial charge in [0, 0.05) is 5.56 Å². The summed E-state index contributed by atoms with van der Waals surface area (Å²) in [6, 6.07) is 25.6. The molecule has 1 N–H and O–H groups in total. The lowest BCUT2D eigenvalue weighted by Gasteiger charge is -2.21. The maximum absolute atomic E-state index is 12.5. The topological polar surface area (TPSA) is 128 Å². The molecule has 0 aliphatic rings. The van der Waals surface area contributed by atoms with E-state index in [2.05, 4.69) is 10.5 Å². The predicted octanol–water partition coefficient (Wildman–Crippen LogP) is 4.83. The molecule has 0 aliphatic carbocycles. The quantitative estimate of drug-likeness (QED) is 0.158. The number of carbonyl (C=O) groups excluding carboxylic acids is 2.